The quantitative estimate of drug-likeness (QED) is 0.403. The topological polar surface area (TPSA) is 144 Å². The number of sulfonamides is 1. The normalized spacial score (nSPS) is 11.6. The molecule has 0 amide bonds. The van der Waals surface area contributed by atoms with Gasteiger partial charge in [-0.1, -0.05) is 23.4 Å². The SMILES string of the molecule is O=c1[nH]c2cc(S(=O)(=O)Nc3ccccc3Cc3nc(-c4ccncc4)no3)ccc2o1. The molecule has 0 saturated carbocycles. The van der Waals surface area contributed by atoms with Gasteiger partial charge in [0.1, 0.15) is 0 Å². The Morgan fingerprint density at radius 1 is 1.03 bits per heavy atom. The van der Waals surface area contributed by atoms with Crippen LogP contribution in [0.5, 0.6) is 0 Å². The first-order valence-electron chi connectivity index (χ1n) is 9.44. The Hall–Kier alpha value is -4.25. The van der Waals surface area contributed by atoms with Crippen LogP contribution in [0.15, 0.2) is 85.6 Å². The minimum Gasteiger partial charge on any atom is -0.408 e. The second kappa shape index (κ2) is 7.78. The number of aromatic amines is 1. The van der Waals surface area contributed by atoms with Crippen LogP contribution in [-0.2, 0) is 16.4 Å². The summed E-state index contributed by atoms with van der Waals surface area (Å²) in [4.78, 5) is 22.1. The van der Waals surface area contributed by atoms with Gasteiger partial charge in [0, 0.05) is 18.0 Å². The van der Waals surface area contributed by atoms with Crippen molar-refractivity contribution in [2.75, 3.05) is 4.72 Å². The predicted molar refractivity (Wildman–Crippen MR) is 114 cm³/mol. The number of anilines is 1. The number of nitrogens with zero attached hydrogens (tertiary/aromatic N) is 3. The molecule has 0 unspecified atom stereocenters. The summed E-state index contributed by atoms with van der Waals surface area (Å²) in [5.74, 6) is 0.0993. The molecule has 5 aromatic rings. The van der Waals surface area contributed by atoms with Gasteiger partial charge in [-0.05, 0) is 42.0 Å². The van der Waals surface area contributed by atoms with Crippen LogP contribution >= 0.6 is 0 Å². The number of hydrogen-bond donors (Lipinski definition) is 2. The molecule has 32 heavy (non-hydrogen) atoms. The van der Waals surface area contributed by atoms with Crippen LogP contribution in [0.4, 0.5) is 5.69 Å². The van der Waals surface area contributed by atoms with E-state index in [4.69, 9.17) is 8.94 Å². The number of fused-ring (bicyclic) bond motifs is 1. The molecule has 0 spiro atoms. The lowest BCUT2D eigenvalue weighted by atomic mass is 10.1. The van der Waals surface area contributed by atoms with E-state index in [1.165, 1.54) is 18.2 Å². The number of nitrogens with one attached hydrogen (secondary N) is 2. The second-order valence-corrected chi connectivity index (χ2v) is 8.54. The summed E-state index contributed by atoms with van der Waals surface area (Å²) in [6.07, 6.45) is 3.49. The average molecular weight is 449 g/mol. The van der Waals surface area contributed by atoms with Crippen LogP contribution < -0.4 is 10.5 Å². The smallest absolute Gasteiger partial charge is 0.408 e. The van der Waals surface area contributed by atoms with Gasteiger partial charge in [0.2, 0.25) is 11.7 Å². The van der Waals surface area contributed by atoms with Gasteiger partial charge in [0.05, 0.1) is 22.5 Å². The summed E-state index contributed by atoms with van der Waals surface area (Å²) in [5.41, 5.74) is 2.35. The molecule has 0 aliphatic heterocycles. The Morgan fingerprint density at radius 2 is 1.84 bits per heavy atom. The van der Waals surface area contributed by atoms with Crippen LogP contribution in [-0.4, -0.2) is 28.5 Å². The highest BCUT2D eigenvalue weighted by atomic mass is 32.2. The molecule has 11 heteroatoms. The first-order valence-corrected chi connectivity index (χ1v) is 10.9. The summed E-state index contributed by atoms with van der Waals surface area (Å²) in [7, 11) is -3.94. The number of para-hydroxylation sites is 1. The maximum atomic E-state index is 13.0. The zero-order chi connectivity index (χ0) is 22.1. The van der Waals surface area contributed by atoms with Gasteiger partial charge in [-0.2, -0.15) is 4.98 Å². The van der Waals surface area contributed by atoms with E-state index in [-0.39, 0.29) is 16.9 Å². The number of hydrogen-bond acceptors (Lipinski definition) is 8. The van der Waals surface area contributed by atoms with Crippen molar-refractivity contribution in [1.29, 1.82) is 0 Å². The Labute approximate surface area is 181 Å². The van der Waals surface area contributed by atoms with E-state index in [2.05, 4.69) is 24.8 Å². The van der Waals surface area contributed by atoms with Crippen LogP contribution in [0.25, 0.3) is 22.5 Å². The number of rotatable bonds is 6. The van der Waals surface area contributed by atoms with Gasteiger partial charge >= 0.3 is 5.76 Å². The molecule has 3 heterocycles. The third-order valence-electron chi connectivity index (χ3n) is 4.71. The second-order valence-electron chi connectivity index (χ2n) is 6.86. The van der Waals surface area contributed by atoms with Crippen molar-refractivity contribution in [2.24, 2.45) is 0 Å². The molecule has 0 saturated heterocycles. The van der Waals surface area contributed by atoms with E-state index in [1.54, 1.807) is 48.8 Å². The number of aromatic nitrogens is 4. The molecule has 2 N–H and O–H groups in total. The Balaban J connectivity index is 1.42. The van der Waals surface area contributed by atoms with Crippen LogP contribution in [0, 0.1) is 0 Å². The number of H-pyrrole nitrogens is 1. The molecule has 0 fully saturated rings. The molecule has 2 aromatic carbocycles. The Kier molecular flexibility index (Phi) is 4.79. The highest BCUT2D eigenvalue weighted by molar-refractivity contribution is 7.92. The predicted octanol–water partition coefficient (Wildman–Crippen LogP) is 2.96. The van der Waals surface area contributed by atoms with E-state index >= 15 is 0 Å². The molecule has 0 aliphatic rings. The highest BCUT2D eigenvalue weighted by Gasteiger charge is 2.19. The zero-order valence-electron chi connectivity index (χ0n) is 16.3. The minimum atomic E-state index is -3.94. The molecule has 5 rings (SSSR count). The third kappa shape index (κ3) is 3.88. The van der Waals surface area contributed by atoms with E-state index in [1.807, 2.05) is 0 Å². The standard InChI is InChI=1S/C21H15N5O5S/c27-21-23-17-12-15(5-6-18(17)30-21)32(28,29)26-16-4-2-1-3-14(16)11-19-24-20(25-31-19)13-7-9-22-10-8-13/h1-10,12,26H,11H2,(H,23,27). The largest absolute Gasteiger partial charge is 0.417 e. The fourth-order valence-electron chi connectivity index (χ4n) is 3.18. The summed E-state index contributed by atoms with van der Waals surface area (Å²) in [6, 6.07) is 14.6. The van der Waals surface area contributed by atoms with Crippen molar-refractivity contribution >= 4 is 26.8 Å². The van der Waals surface area contributed by atoms with E-state index in [9.17, 15) is 13.2 Å². The lowest BCUT2D eigenvalue weighted by Gasteiger charge is -2.11. The number of oxazole rings is 1. The third-order valence-corrected chi connectivity index (χ3v) is 6.07. The van der Waals surface area contributed by atoms with Gasteiger partial charge in [-0.25, -0.2) is 13.2 Å². The lowest BCUT2D eigenvalue weighted by molar-refractivity contribution is 0.386. The van der Waals surface area contributed by atoms with Crippen LogP contribution in [0.3, 0.4) is 0 Å². The molecule has 10 nitrogen and oxygen atoms in total. The van der Waals surface area contributed by atoms with Gasteiger partial charge in [0.25, 0.3) is 10.0 Å². The monoisotopic (exact) mass is 449 g/mol. The summed E-state index contributed by atoms with van der Waals surface area (Å²) in [6.45, 7) is 0. The van der Waals surface area contributed by atoms with E-state index in [0.717, 1.165) is 5.56 Å². The maximum Gasteiger partial charge on any atom is 0.417 e. The molecular weight excluding hydrogens is 434 g/mol. The van der Waals surface area contributed by atoms with Crippen molar-refractivity contribution in [1.82, 2.24) is 20.1 Å². The molecule has 0 bridgehead atoms. The molecule has 160 valence electrons. The average Bonchev–Trinajstić information content (AvgIpc) is 3.40. The Bertz CT molecular complexity index is 1570. The summed E-state index contributed by atoms with van der Waals surface area (Å²) in [5, 5.41) is 3.97. The zero-order valence-corrected chi connectivity index (χ0v) is 17.2. The van der Waals surface area contributed by atoms with Gasteiger partial charge in [-0.15, -0.1) is 0 Å². The van der Waals surface area contributed by atoms with E-state index < -0.39 is 15.8 Å². The fraction of sp³-hybridized carbons (Fsp3) is 0.0476. The van der Waals surface area contributed by atoms with Crippen molar-refractivity contribution in [3.05, 3.63) is 89.0 Å². The van der Waals surface area contributed by atoms with Gasteiger partial charge < -0.3 is 8.94 Å². The molecule has 0 radical (unpaired) electrons. The molecule has 0 atom stereocenters. The maximum absolute atomic E-state index is 13.0. The van der Waals surface area contributed by atoms with Crippen molar-refractivity contribution in [3.8, 4) is 11.4 Å². The Morgan fingerprint density at radius 3 is 2.69 bits per heavy atom. The van der Waals surface area contributed by atoms with Crippen molar-refractivity contribution in [3.63, 3.8) is 0 Å². The summed E-state index contributed by atoms with van der Waals surface area (Å²) < 4.78 is 38.8. The van der Waals surface area contributed by atoms with Crippen LogP contribution in [0.1, 0.15) is 11.5 Å². The lowest BCUT2D eigenvalue weighted by Crippen LogP contribution is -2.14. The molecular formula is C21H15N5O5S. The summed E-state index contributed by atoms with van der Waals surface area (Å²) >= 11 is 0. The number of benzene rings is 2. The van der Waals surface area contributed by atoms with Crippen molar-refractivity contribution in [2.45, 2.75) is 11.3 Å². The van der Waals surface area contributed by atoms with E-state index in [0.29, 0.717) is 28.5 Å². The van der Waals surface area contributed by atoms with Gasteiger partial charge in [-0.3, -0.25) is 14.7 Å². The van der Waals surface area contributed by atoms with Crippen LogP contribution in [0.2, 0.25) is 0 Å². The first kappa shape index (κ1) is 19.7. The first-order chi connectivity index (χ1) is 15.5. The van der Waals surface area contributed by atoms with Gasteiger partial charge in [0.15, 0.2) is 5.58 Å². The minimum absolute atomic E-state index is 0.0189. The molecule has 3 aromatic heterocycles. The number of pyridine rings is 1. The highest BCUT2D eigenvalue weighted by Crippen LogP contribution is 2.24. The van der Waals surface area contributed by atoms with Crippen molar-refractivity contribution < 1.29 is 17.4 Å². The fourth-order valence-corrected chi connectivity index (χ4v) is 4.31. The molecule has 0 aliphatic carbocycles.